The van der Waals surface area contributed by atoms with Crippen molar-refractivity contribution in [2.75, 3.05) is 19.7 Å². The van der Waals surface area contributed by atoms with Gasteiger partial charge in [-0.15, -0.1) is 0 Å². The summed E-state index contributed by atoms with van der Waals surface area (Å²) < 4.78 is 38.9. The van der Waals surface area contributed by atoms with Crippen molar-refractivity contribution in [1.82, 2.24) is 10.6 Å². The number of halogens is 3. The Morgan fingerprint density at radius 1 is 1.31 bits per heavy atom. The molecule has 0 aliphatic heterocycles. The Labute approximate surface area is 91.5 Å². The van der Waals surface area contributed by atoms with Gasteiger partial charge >= 0.3 is 12.3 Å². The molecule has 0 spiro atoms. The molecular formula is C9H15F3N2O2. The Hall–Kier alpha value is -0.980. The molecule has 1 fully saturated rings. The van der Waals surface area contributed by atoms with E-state index >= 15 is 0 Å². The molecule has 0 radical (unpaired) electrons. The largest absolute Gasteiger partial charge is 0.440 e. The first-order valence-electron chi connectivity index (χ1n) is 5.18. The molecule has 0 aromatic heterocycles. The number of carbonyl (C=O) groups is 1. The zero-order chi connectivity index (χ0) is 12.0. The number of hydrogen-bond acceptors (Lipinski definition) is 3. The van der Waals surface area contributed by atoms with E-state index in [9.17, 15) is 18.0 Å². The SMILES string of the molecule is O=C(NCCCNC1CC1)OCC(F)(F)F. The summed E-state index contributed by atoms with van der Waals surface area (Å²) in [5.74, 6) is 0. The predicted molar refractivity (Wildman–Crippen MR) is 51.0 cm³/mol. The van der Waals surface area contributed by atoms with Crippen molar-refractivity contribution in [2.45, 2.75) is 31.5 Å². The second-order valence-electron chi connectivity index (χ2n) is 3.70. The van der Waals surface area contributed by atoms with E-state index in [4.69, 9.17) is 0 Å². The fourth-order valence-electron chi connectivity index (χ4n) is 1.07. The van der Waals surface area contributed by atoms with E-state index < -0.39 is 18.9 Å². The van der Waals surface area contributed by atoms with Crippen LogP contribution in [0.2, 0.25) is 0 Å². The van der Waals surface area contributed by atoms with Crippen molar-refractivity contribution >= 4 is 6.09 Å². The molecule has 1 saturated carbocycles. The van der Waals surface area contributed by atoms with Crippen LogP contribution < -0.4 is 10.6 Å². The summed E-state index contributed by atoms with van der Waals surface area (Å²) in [6.07, 6.45) is -2.45. The van der Waals surface area contributed by atoms with E-state index in [0.717, 1.165) is 6.54 Å². The summed E-state index contributed by atoms with van der Waals surface area (Å²) in [5.41, 5.74) is 0. The van der Waals surface area contributed by atoms with E-state index in [0.29, 0.717) is 19.0 Å². The average Bonchev–Trinajstić information content (AvgIpc) is 2.97. The maximum atomic E-state index is 11.6. The van der Waals surface area contributed by atoms with E-state index in [-0.39, 0.29) is 0 Å². The third kappa shape index (κ3) is 7.33. The number of amides is 1. The first kappa shape index (κ1) is 13.1. The summed E-state index contributed by atoms with van der Waals surface area (Å²) in [6.45, 7) is -0.472. The van der Waals surface area contributed by atoms with Gasteiger partial charge in [0.25, 0.3) is 0 Å². The molecule has 0 bridgehead atoms. The standard InChI is InChI=1S/C9H15F3N2O2/c10-9(11,12)6-16-8(15)14-5-1-4-13-7-2-3-7/h7,13H,1-6H2,(H,14,15). The van der Waals surface area contributed by atoms with E-state index in [2.05, 4.69) is 15.4 Å². The van der Waals surface area contributed by atoms with Crippen LogP contribution in [-0.2, 0) is 4.74 Å². The fourth-order valence-corrected chi connectivity index (χ4v) is 1.07. The van der Waals surface area contributed by atoms with Crippen molar-refractivity contribution < 1.29 is 22.7 Å². The van der Waals surface area contributed by atoms with Gasteiger partial charge in [0.2, 0.25) is 0 Å². The minimum Gasteiger partial charge on any atom is -0.440 e. The molecule has 0 aromatic carbocycles. The molecule has 1 aliphatic rings. The number of alkyl halides is 3. The quantitative estimate of drug-likeness (QED) is 0.690. The normalized spacial score (nSPS) is 15.9. The molecule has 94 valence electrons. The Bertz CT molecular complexity index is 229. The molecule has 4 nitrogen and oxygen atoms in total. The minimum absolute atomic E-state index is 0.316. The van der Waals surface area contributed by atoms with Crippen LogP contribution in [0.15, 0.2) is 0 Å². The van der Waals surface area contributed by atoms with Gasteiger partial charge < -0.3 is 15.4 Å². The zero-order valence-corrected chi connectivity index (χ0v) is 8.77. The molecular weight excluding hydrogens is 225 g/mol. The Kier molecular flexibility index (Phi) is 4.85. The highest BCUT2D eigenvalue weighted by molar-refractivity contribution is 5.67. The summed E-state index contributed by atoms with van der Waals surface area (Å²) in [5, 5.41) is 5.46. The van der Waals surface area contributed by atoms with Gasteiger partial charge in [-0.2, -0.15) is 13.2 Å². The summed E-state index contributed by atoms with van der Waals surface area (Å²) in [7, 11) is 0. The zero-order valence-electron chi connectivity index (χ0n) is 8.77. The molecule has 7 heteroatoms. The van der Waals surface area contributed by atoms with Crippen LogP contribution in [0.4, 0.5) is 18.0 Å². The lowest BCUT2D eigenvalue weighted by Crippen LogP contribution is -2.31. The molecule has 1 amide bonds. The van der Waals surface area contributed by atoms with Crippen LogP contribution >= 0.6 is 0 Å². The first-order valence-corrected chi connectivity index (χ1v) is 5.18. The highest BCUT2D eigenvalue weighted by Gasteiger charge is 2.29. The molecule has 1 aliphatic carbocycles. The van der Waals surface area contributed by atoms with Gasteiger partial charge in [0, 0.05) is 12.6 Å². The van der Waals surface area contributed by atoms with Gasteiger partial charge in [0.05, 0.1) is 0 Å². The van der Waals surface area contributed by atoms with Crippen LogP contribution in [0.5, 0.6) is 0 Å². The van der Waals surface area contributed by atoms with Crippen LogP contribution in [0.1, 0.15) is 19.3 Å². The average molecular weight is 240 g/mol. The number of ether oxygens (including phenoxy) is 1. The van der Waals surface area contributed by atoms with E-state index in [1.54, 1.807) is 0 Å². The predicted octanol–water partition coefficient (Wildman–Crippen LogP) is 1.42. The van der Waals surface area contributed by atoms with E-state index in [1.165, 1.54) is 12.8 Å². The third-order valence-electron chi connectivity index (χ3n) is 2.00. The van der Waals surface area contributed by atoms with Crippen LogP contribution in [0.3, 0.4) is 0 Å². The number of carbonyl (C=O) groups excluding carboxylic acids is 1. The Morgan fingerprint density at radius 3 is 2.56 bits per heavy atom. The van der Waals surface area contributed by atoms with Crippen molar-refractivity contribution in [3.8, 4) is 0 Å². The van der Waals surface area contributed by atoms with E-state index in [1.807, 2.05) is 0 Å². The van der Waals surface area contributed by atoms with Crippen molar-refractivity contribution in [1.29, 1.82) is 0 Å². The van der Waals surface area contributed by atoms with Gasteiger partial charge in [-0.1, -0.05) is 0 Å². The van der Waals surface area contributed by atoms with Gasteiger partial charge in [-0.3, -0.25) is 0 Å². The summed E-state index contributed by atoms with van der Waals surface area (Å²) >= 11 is 0. The number of rotatable bonds is 6. The first-order chi connectivity index (χ1) is 7.47. The maximum Gasteiger partial charge on any atom is 0.422 e. The molecule has 0 aromatic rings. The van der Waals surface area contributed by atoms with Crippen molar-refractivity contribution in [2.24, 2.45) is 0 Å². The molecule has 16 heavy (non-hydrogen) atoms. The molecule has 0 saturated heterocycles. The lowest BCUT2D eigenvalue weighted by Gasteiger charge is -2.09. The highest BCUT2D eigenvalue weighted by Crippen LogP contribution is 2.18. The van der Waals surface area contributed by atoms with Gasteiger partial charge in [0.1, 0.15) is 0 Å². The summed E-state index contributed by atoms with van der Waals surface area (Å²) in [4.78, 5) is 10.7. The lowest BCUT2D eigenvalue weighted by molar-refractivity contribution is -0.160. The smallest absolute Gasteiger partial charge is 0.422 e. The van der Waals surface area contributed by atoms with Gasteiger partial charge in [-0.05, 0) is 25.8 Å². The highest BCUT2D eigenvalue weighted by atomic mass is 19.4. The third-order valence-corrected chi connectivity index (χ3v) is 2.00. The van der Waals surface area contributed by atoms with Crippen LogP contribution in [0, 0.1) is 0 Å². The topological polar surface area (TPSA) is 50.4 Å². The Balaban J connectivity index is 1.89. The molecule has 2 N–H and O–H groups in total. The number of alkyl carbamates (subject to hydrolysis) is 1. The van der Waals surface area contributed by atoms with Crippen molar-refractivity contribution in [3.05, 3.63) is 0 Å². The minimum atomic E-state index is -4.47. The monoisotopic (exact) mass is 240 g/mol. The summed E-state index contributed by atoms with van der Waals surface area (Å²) in [6, 6.07) is 0.595. The molecule has 0 unspecified atom stereocenters. The Morgan fingerprint density at radius 2 is 2.00 bits per heavy atom. The van der Waals surface area contributed by atoms with Crippen LogP contribution in [-0.4, -0.2) is 38.0 Å². The second kappa shape index (κ2) is 5.93. The molecule has 0 heterocycles. The number of nitrogens with one attached hydrogen (secondary N) is 2. The van der Waals surface area contributed by atoms with Gasteiger partial charge in [0.15, 0.2) is 6.61 Å². The maximum absolute atomic E-state index is 11.6. The van der Waals surface area contributed by atoms with Gasteiger partial charge in [-0.25, -0.2) is 4.79 Å². The second-order valence-corrected chi connectivity index (χ2v) is 3.70. The lowest BCUT2D eigenvalue weighted by atomic mass is 10.4. The molecule has 0 atom stereocenters. The fraction of sp³-hybridized carbons (Fsp3) is 0.889. The molecule has 1 rings (SSSR count). The van der Waals surface area contributed by atoms with Crippen LogP contribution in [0.25, 0.3) is 0 Å². The van der Waals surface area contributed by atoms with Crippen molar-refractivity contribution in [3.63, 3.8) is 0 Å². The number of hydrogen-bond donors (Lipinski definition) is 2.